The van der Waals surface area contributed by atoms with Gasteiger partial charge in [0, 0.05) is 19.2 Å². The van der Waals surface area contributed by atoms with Crippen LogP contribution in [0.4, 0.5) is 17.6 Å². The summed E-state index contributed by atoms with van der Waals surface area (Å²) in [5, 5.41) is -0.257. The molecule has 0 aliphatic carbocycles. The summed E-state index contributed by atoms with van der Waals surface area (Å²) < 4.78 is 70.2. The first-order chi connectivity index (χ1) is 16.4. The third kappa shape index (κ3) is 5.65. The Kier molecular flexibility index (Phi) is 7.54. The van der Waals surface area contributed by atoms with Crippen LogP contribution in [0.5, 0.6) is 17.2 Å². The fraction of sp³-hybridized carbons (Fsp3) is 0.227. The number of alkyl halides is 3. The van der Waals surface area contributed by atoms with Gasteiger partial charge in [-0.05, 0) is 18.2 Å². The maximum atomic E-state index is 14.7. The van der Waals surface area contributed by atoms with Gasteiger partial charge in [0.15, 0.2) is 11.5 Å². The third-order valence-electron chi connectivity index (χ3n) is 4.71. The van der Waals surface area contributed by atoms with Gasteiger partial charge < -0.3 is 14.2 Å². The highest BCUT2D eigenvalue weighted by Crippen LogP contribution is 2.37. The summed E-state index contributed by atoms with van der Waals surface area (Å²) in [5.41, 5.74) is -5.00. The molecule has 0 unspecified atom stereocenters. The van der Waals surface area contributed by atoms with E-state index < -0.39 is 40.6 Å². The quantitative estimate of drug-likeness (QED) is 0.347. The van der Waals surface area contributed by atoms with Crippen molar-refractivity contribution in [3.8, 4) is 22.9 Å². The van der Waals surface area contributed by atoms with Crippen LogP contribution in [0.2, 0.25) is 5.02 Å². The normalized spacial score (nSPS) is 11.3. The van der Waals surface area contributed by atoms with E-state index in [2.05, 4.69) is 4.74 Å². The van der Waals surface area contributed by atoms with Crippen molar-refractivity contribution >= 4 is 17.6 Å². The fourth-order valence-electron chi connectivity index (χ4n) is 3.01. The van der Waals surface area contributed by atoms with Crippen molar-refractivity contribution in [1.29, 1.82) is 0 Å². The zero-order chi connectivity index (χ0) is 25.9. The van der Waals surface area contributed by atoms with Crippen LogP contribution in [-0.2, 0) is 22.8 Å². The Bertz CT molecular complexity index is 1380. The molecule has 0 saturated carbocycles. The molecular weight excluding hydrogens is 500 g/mol. The van der Waals surface area contributed by atoms with E-state index in [1.54, 1.807) is 12.1 Å². The largest absolute Gasteiger partial charge is 0.489 e. The van der Waals surface area contributed by atoms with E-state index in [1.165, 1.54) is 19.2 Å². The molecule has 2 aromatic carbocycles. The molecule has 0 N–H and O–H groups in total. The van der Waals surface area contributed by atoms with Crippen LogP contribution in [0.1, 0.15) is 12.1 Å². The Morgan fingerprint density at radius 3 is 2.34 bits per heavy atom. The number of rotatable bonds is 7. The van der Waals surface area contributed by atoms with Gasteiger partial charge in [-0.2, -0.15) is 13.2 Å². The smallest absolute Gasteiger partial charge is 0.431 e. The highest BCUT2D eigenvalue weighted by atomic mass is 35.5. The molecule has 0 bridgehead atoms. The Hall–Kier alpha value is -3.80. The van der Waals surface area contributed by atoms with Crippen molar-refractivity contribution in [1.82, 2.24) is 9.13 Å². The van der Waals surface area contributed by atoms with Gasteiger partial charge in [0.05, 0.1) is 30.8 Å². The molecule has 0 aliphatic heterocycles. The van der Waals surface area contributed by atoms with Crippen molar-refractivity contribution in [2.75, 3.05) is 13.7 Å². The van der Waals surface area contributed by atoms with Crippen LogP contribution in [0.15, 0.2) is 52.1 Å². The van der Waals surface area contributed by atoms with Crippen LogP contribution in [0.3, 0.4) is 0 Å². The number of hydrogen-bond acceptors (Lipinski definition) is 6. The van der Waals surface area contributed by atoms with Gasteiger partial charge in [-0.1, -0.05) is 23.7 Å². The number of aromatic nitrogens is 2. The molecule has 0 spiro atoms. The zero-order valence-corrected chi connectivity index (χ0v) is 18.9. The van der Waals surface area contributed by atoms with Gasteiger partial charge in [0.1, 0.15) is 17.3 Å². The van der Waals surface area contributed by atoms with Gasteiger partial charge in [0.25, 0.3) is 5.56 Å². The van der Waals surface area contributed by atoms with Gasteiger partial charge in [-0.3, -0.25) is 14.2 Å². The standard InChI is InChI=1S/C22H17ClF4N2O6/c1-28-18(22(25,26)27)11-19(30)29(21(28)32)14-10-17(12(23)9-13(14)24)35-16-6-4-3-5-15(16)34-8-7-20(31)33-2/h3-6,9-11H,7-8H2,1-2H3. The second-order valence-corrected chi connectivity index (χ2v) is 7.41. The fourth-order valence-corrected chi connectivity index (χ4v) is 3.19. The molecule has 13 heteroatoms. The summed E-state index contributed by atoms with van der Waals surface area (Å²) >= 11 is 6.07. The number of methoxy groups -OCH3 is 1. The Balaban J connectivity index is 2.03. The predicted molar refractivity (Wildman–Crippen MR) is 116 cm³/mol. The monoisotopic (exact) mass is 516 g/mol. The van der Waals surface area contributed by atoms with Gasteiger partial charge in [-0.15, -0.1) is 0 Å². The molecule has 8 nitrogen and oxygen atoms in total. The number of esters is 1. The summed E-state index contributed by atoms with van der Waals surface area (Å²) in [7, 11) is 2.02. The lowest BCUT2D eigenvalue weighted by Crippen LogP contribution is -2.41. The minimum atomic E-state index is -4.98. The number of carbonyl (C=O) groups is 1. The minimum Gasteiger partial charge on any atom is -0.489 e. The van der Waals surface area contributed by atoms with Crippen molar-refractivity contribution < 1.29 is 36.6 Å². The average molecular weight is 517 g/mol. The van der Waals surface area contributed by atoms with Gasteiger partial charge in [-0.25, -0.2) is 13.8 Å². The molecule has 0 amide bonds. The SMILES string of the molecule is COC(=O)CCOc1ccccc1Oc1cc(-n2c(=O)cc(C(F)(F)F)n(C)c2=O)c(F)cc1Cl. The van der Waals surface area contributed by atoms with Crippen LogP contribution in [0, 0.1) is 5.82 Å². The van der Waals surface area contributed by atoms with E-state index in [9.17, 15) is 31.9 Å². The predicted octanol–water partition coefficient (Wildman–Crippen LogP) is 4.08. The zero-order valence-electron chi connectivity index (χ0n) is 18.2. The van der Waals surface area contributed by atoms with Crippen molar-refractivity contribution in [3.05, 3.63) is 79.8 Å². The maximum absolute atomic E-state index is 14.7. The summed E-state index contributed by atoms with van der Waals surface area (Å²) in [6.07, 6.45) is -5.02. The lowest BCUT2D eigenvalue weighted by Gasteiger charge is -2.16. The molecule has 35 heavy (non-hydrogen) atoms. The molecule has 0 atom stereocenters. The van der Waals surface area contributed by atoms with Crippen molar-refractivity contribution in [2.24, 2.45) is 7.05 Å². The maximum Gasteiger partial charge on any atom is 0.431 e. The van der Waals surface area contributed by atoms with Crippen LogP contribution in [-0.4, -0.2) is 28.8 Å². The van der Waals surface area contributed by atoms with E-state index in [1.807, 2.05) is 0 Å². The number of benzene rings is 2. The van der Waals surface area contributed by atoms with E-state index in [-0.39, 0.29) is 50.5 Å². The van der Waals surface area contributed by atoms with Crippen molar-refractivity contribution in [3.63, 3.8) is 0 Å². The van der Waals surface area contributed by atoms with E-state index in [0.717, 1.165) is 19.2 Å². The highest BCUT2D eigenvalue weighted by molar-refractivity contribution is 6.32. The first kappa shape index (κ1) is 25.8. The average Bonchev–Trinajstić information content (AvgIpc) is 2.79. The summed E-state index contributed by atoms with van der Waals surface area (Å²) in [6, 6.07) is 8.01. The molecule has 0 fully saturated rings. The first-order valence-corrected chi connectivity index (χ1v) is 10.2. The second kappa shape index (κ2) is 10.2. The first-order valence-electron chi connectivity index (χ1n) is 9.80. The molecule has 0 radical (unpaired) electrons. The number of halogens is 5. The van der Waals surface area contributed by atoms with Gasteiger partial charge >= 0.3 is 17.8 Å². The van der Waals surface area contributed by atoms with Gasteiger partial charge in [0.2, 0.25) is 0 Å². The molecular formula is C22H17ClF4N2O6. The summed E-state index contributed by atoms with van der Waals surface area (Å²) in [6.45, 7) is -0.0492. The number of ether oxygens (including phenoxy) is 3. The molecule has 3 aromatic rings. The van der Waals surface area contributed by atoms with E-state index in [4.69, 9.17) is 21.1 Å². The molecule has 1 heterocycles. The number of carbonyl (C=O) groups excluding carboxylic acids is 1. The molecule has 0 aliphatic rings. The summed E-state index contributed by atoms with van der Waals surface area (Å²) in [4.78, 5) is 36.2. The topological polar surface area (TPSA) is 88.8 Å². The van der Waals surface area contributed by atoms with Crippen LogP contribution < -0.4 is 20.7 Å². The molecule has 1 aromatic heterocycles. The lowest BCUT2D eigenvalue weighted by atomic mass is 10.2. The Morgan fingerprint density at radius 1 is 1.06 bits per heavy atom. The minimum absolute atomic E-state index is 0.0492. The highest BCUT2D eigenvalue weighted by Gasteiger charge is 2.35. The Morgan fingerprint density at radius 2 is 1.71 bits per heavy atom. The number of para-hydroxylation sites is 2. The molecule has 3 rings (SSSR count). The molecule has 0 saturated heterocycles. The second-order valence-electron chi connectivity index (χ2n) is 7.00. The van der Waals surface area contributed by atoms with Crippen LogP contribution in [0.25, 0.3) is 5.69 Å². The Labute approximate surface area is 199 Å². The number of hydrogen-bond donors (Lipinski definition) is 0. The summed E-state index contributed by atoms with van der Waals surface area (Å²) in [5.74, 6) is -1.60. The lowest BCUT2D eigenvalue weighted by molar-refractivity contribution is -0.144. The van der Waals surface area contributed by atoms with Crippen LogP contribution >= 0.6 is 11.6 Å². The van der Waals surface area contributed by atoms with E-state index >= 15 is 0 Å². The molecule has 186 valence electrons. The van der Waals surface area contributed by atoms with E-state index in [0.29, 0.717) is 0 Å². The third-order valence-corrected chi connectivity index (χ3v) is 5.01. The van der Waals surface area contributed by atoms with Crippen molar-refractivity contribution in [2.45, 2.75) is 12.6 Å². The number of nitrogens with zero attached hydrogens (tertiary/aromatic N) is 2.